The zero-order valence-electron chi connectivity index (χ0n) is 16.4. The number of hydrogen-bond acceptors (Lipinski definition) is 5. The van der Waals surface area contributed by atoms with Crippen LogP contribution in [0.1, 0.15) is 25.1 Å². The number of nitrogens with one attached hydrogen (secondary N) is 1. The van der Waals surface area contributed by atoms with Crippen molar-refractivity contribution in [1.29, 1.82) is 0 Å². The fourth-order valence-electron chi connectivity index (χ4n) is 2.79. The highest BCUT2D eigenvalue weighted by atomic mass is 16.5. The standard InChI is InChI=1S/C20H25N5O3/c1-4-27-18-7-6-16(10-19(18)28-5-2)12-25-13-17(11-21-25)22-20(26)14-24-9-8-15(3)23-24/h6-11,13H,4-5,12,14H2,1-3H3,(H,22,26). The minimum atomic E-state index is -0.151. The van der Waals surface area contributed by atoms with Gasteiger partial charge in [0.1, 0.15) is 6.54 Å². The first-order chi connectivity index (χ1) is 13.6. The monoisotopic (exact) mass is 383 g/mol. The molecule has 8 nitrogen and oxygen atoms in total. The highest BCUT2D eigenvalue weighted by molar-refractivity contribution is 5.90. The molecule has 3 aromatic rings. The molecule has 0 radical (unpaired) electrons. The maximum atomic E-state index is 12.1. The molecule has 2 aromatic heterocycles. The third kappa shape index (κ3) is 5.12. The minimum absolute atomic E-state index is 0.151. The van der Waals surface area contributed by atoms with E-state index in [-0.39, 0.29) is 12.5 Å². The first-order valence-electron chi connectivity index (χ1n) is 9.28. The lowest BCUT2D eigenvalue weighted by Gasteiger charge is -2.12. The summed E-state index contributed by atoms with van der Waals surface area (Å²) in [5, 5.41) is 11.4. The average Bonchev–Trinajstić information content (AvgIpc) is 3.26. The maximum absolute atomic E-state index is 12.1. The number of aryl methyl sites for hydroxylation is 1. The Balaban J connectivity index is 1.62. The van der Waals surface area contributed by atoms with Gasteiger partial charge in [-0.05, 0) is 44.5 Å². The van der Waals surface area contributed by atoms with E-state index >= 15 is 0 Å². The Morgan fingerprint density at radius 2 is 1.89 bits per heavy atom. The van der Waals surface area contributed by atoms with E-state index in [1.807, 2.05) is 45.0 Å². The zero-order chi connectivity index (χ0) is 19.9. The number of anilines is 1. The van der Waals surface area contributed by atoms with Gasteiger partial charge in [0.2, 0.25) is 5.91 Å². The molecule has 0 saturated heterocycles. The highest BCUT2D eigenvalue weighted by Crippen LogP contribution is 2.28. The number of hydrogen-bond donors (Lipinski definition) is 1. The summed E-state index contributed by atoms with van der Waals surface area (Å²) in [4.78, 5) is 12.1. The predicted octanol–water partition coefficient (Wildman–Crippen LogP) is 2.87. The van der Waals surface area contributed by atoms with Gasteiger partial charge in [-0.1, -0.05) is 6.07 Å². The lowest BCUT2D eigenvalue weighted by molar-refractivity contribution is -0.116. The van der Waals surface area contributed by atoms with Gasteiger partial charge >= 0.3 is 0 Å². The summed E-state index contributed by atoms with van der Waals surface area (Å²) in [5.74, 6) is 1.30. The second kappa shape index (κ2) is 9.07. The zero-order valence-corrected chi connectivity index (χ0v) is 16.4. The first kappa shape index (κ1) is 19.5. The third-order valence-electron chi connectivity index (χ3n) is 3.95. The molecule has 0 bridgehead atoms. The molecule has 8 heteroatoms. The topological polar surface area (TPSA) is 83.2 Å². The van der Waals surface area contributed by atoms with Crippen molar-refractivity contribution < 1.29 is 14.3 Å². The molecule has 0 fully saturated rings. The molecule has 2 heterocycles. The van der Waals surface area contributed by atoms with Gasteiger partial charge in [-0.3, -0.25) is 14.2 Å². The molecule has 1 amide bonds. The maximum Gasteiger partial charge on any atom is 0.246 e. The van der Waals surface area contributed by atoms with Crippen LogP contribution in [-0.4, -0.2) is 38.7 Å². The number of aromatic nitrogens is 4. The van der Waals surface area contributed by atoms with Gasteiger partial charge in [0.05, 0.1) is 37.3 Å². The van der Waals surface area contributed by atoms with Crippen LogP contribution in [0.15, 0.2) is 42.9 Å². The van der Waals surface area contributed by atoms with Gasteiger partial charge in [-0.2, -0.15) is 10.2 Å². The van der Waals surface area contributed by atoms with Crippen molar-refractivity contribution in [2.75, 3.05) is 18.5 Å². The van der Waals surface area contributed by atoms with Crippen LogP contribution in [0.2, 0.25) is 0 Å². The van der Waals surface area contributed by atoms with Crippen molar-refractivity contribution in [3.8, 4) is 11.5 Å². The minimum Gasteiger partial charge on any atom is -0.490 e. The van der Waals surface area contributed by atoms with Crippen molar-refractivity contribution in [3.63, 3.8) is 0 Å². The van der Waals surface area contributed by atoms with E-state index in [4.69, 9.17) is 9.47 Å². The molecule has 28 heavy (non-hydrogen) atoms. The van der Waals surface area contributed by atoms with Crippen LogP contribution in [0.25, 0.3) is 0 Å². The van der Waals surface area contributed by atoms with E-state index in [0.29, 0.717) is 25.4 Å². The number of ether oxygens (including phenoxy) is 2. The molecule has 1 aromatic carbocycles. The van der Waals surface area contributed by atoms with Crippen LogP contribution in [0.5, 0.6) is 11.5 Å². The Hall–Kier alpha value is -3.29. The molecule has 0 aliphatic rings. The quantitative estimate of drug-likeness (QED) is 0.614. The number of benzene rings is 1. The van der Waals surface area contributed by atoms with E-state index in [2.05, 4.69) is 15.5 Å². The highest BCUT2D eigenvalue weighted by Gasteiger charge is 2.09. The van der Waals surface area contributed by atoms with Crippen LogP contribution >= 0.6 is 0 Å². The largest absolute Gasteiger partial charge is 0.490 e. The number of rotatable bonds is 9. The smallest absolute Gasteiger partial charge is 0.246 e. The Morgan fingerprint density at radius 3 is 2.61 bits per heavy atom. The second-order valence-electron chi connectivity index (χ2n) is 6.28. The van der Waals surface area contributed by atoms with Crippen LogP contribution in [0, 0.1) is 6.92 Å². The molecule has 1 N–H and O–H groups in total. The van der Waals surface area contributed by atoms with Crippen molar-refractivity contribution in [3.05, 3.63) is 54.1 Å². The molecule has 0 aliphatic carbocycles. The SMILES string of the molecule is CCOc1ccc(Cn2cc(NC(=O)Cn3ccc(C)n3)cn2)cc1OCC. The summed E-state index contributed by atoms with van der Waals surface area (Å²) in [6, 6.07) is 7.70. The van der Waals surface area contributed by atoms with Gasteiger partial charge in [0.25, 0.3) is 0 Å². The average molecular weight is 383 g/mol. The predicted molar refractivity (Wildman–Crippen MR) is 106 cm³/mol. The molecular weight excluding hydrogens is 358 g/mol. The lowest BCUT2D eigenvalue weighted by Crippen LogP contribution is -2.18. The summed E-state index contributed by atoms with van der Waals surface area (Å²) < 4.78 is 14.6. The van der Waals surface area contributed by atoms with Gasteiger partial charge in [-0.15, -0.1) is 0 Å². The van der Waals surface area contributed by atoms with Crippen molar-refractivity contribution in [2.45, 2.75) is 33.9 Å². The summed E-state index contributed by atoms with van der Waals surface area (Å²) in [6.45, 7) is 7.63. The van der Waals surface area contributed by atoms with E-state index in [1.54, 1.807) is 28.0 Å². The van der Waals surface area contributed by atoms with Gasteiger partial charge in [0, 0.05) is 12.4 Å². The molecule has 0 aliphatic heterocycles. The van der Waals surface area contributed by atoms with Gasteiger partial charge < -0.3 is 14.8 Å². The Morgan fingerprint density at radius 1 is 1.11 bits per heavy atom. The summed E-state index contributed by atoms with van der Waals surface area (Å²) in [7, 11) is 0. The van der Waals surface area contributed by atoms with E-state index < -0.39 is 0 Å². The van der Waals surface area contributed by atoms with Gasteiger partial charge in [-0.25, -0.2) is 0 Å². The number of carbonyl (C=O) groups is 1. The van der Waals surface area contributed by atoms with Crippen molar-refractivity contribution >= 4 is 11.6 Å². The fourth-order valence-corrected chi connectivity index (χ4v) is 2.79. The Bertz CT molecular complexity index is 932. The van der Waals surface area contributed by atoms with Crippen LogP contribution in [0.4, 0.5) is 5.69 Å². The van der Waals surface area contributed by atoms with Crippen molar-refractivity contribution in [1.82, 2.24) is 19.6 Å². The molecular formula is C20H25N5O3. The summed E-state index contributed by atoms with van der Waals surface area (Å²) in [6.07, 6.45) is 5.20. The number of amides is 1. The lowest BCUT2D eigenvalue weighted by atomic mass is 10.2. The summed E-state index contributed by atoms with van der Waals surface area (Å²) in [5.41, 5.74) is 2.55. The van der Waals surface area contributed by atoms with Crippen LogP contribution in [-0.2, 0) is 17.9 Å². The summed E-state index contributed by atoms with van der Waals surface area (Å²) >= 11 is 0. The fraction of sp³-hybridized carbons (Fsp3) is 0.350. The van der Waals surface area contributed by atoms with Crippen molar-refractivity contribution in [2.24, 2.45) is 0 Å². The molecule has 0 spiro atoms. The molecule has 0 unspecified atom stereocenters. The van der Waals surface area contributed by atoms with E-state index in [0.717, 1.165) is 22.8 Å². The number of carbonyl (C=O) groups excluding carboxylic acids is 1. The third-order valence-corrected chi connectivity index (χ3v) is 3.95. The molecule has 148 valence electrons. The normalized spacial score (nSPS) is 10.7. The molecule has 0 atom stereocenters. The van der Waals surface area contributed by atoms with E-state index in [9.17, 15) is 4.79 Å². The second-order valence-corrected chi connectivity index (χ2v) is 6.28. The van der Waals surface area contributed by atoms with Gasteiger partial charge in [0.15, 0.2) is 11.5 Å². The Labute approximate surface area is 164 Å². The molecule has 0 saturated carbocycles. The van der Waals surface area contributed by atoms with E-state index in [1.165, 1.54) is 0 Å². The first-order valence-corrected chi connectivity index (χ1v) is 9.28. The Kier molecular flexibility index (Phi) is 6.31. The van der Waals surface area contributed by atoms with Crippen LogP contribution < -0.4 is 14.8 Å². The van der Waals surface area contributed by atoms with Crippen LogP contribution in [0.3, 0.4) is 0 Å². The number of nitrogens with zero attached hydrogens (tertiary/aromatic N) is 4. The molecule has 3 rings (SSSR count).